The number of hydrogen-bond acceptors (Lipinski definition) is 6. The highest BCUT2D eigenvalue weighted by Gasteiger charge is 2.23. The highest BCUT2D eigenvalue weighted by molar-refractivity contribution is 7.99. The van der Waals surface area contributed by atoms with Gasteiger partial charge in [0, 0.05) is 7.11 Å². The smallest absolute Gasteiger partial charge is 0.229 e. The number of aliphatic hydroxyl groups is 1. The standard InChI is InChI=1S/C10H16N2O3S/c1-14-6-7(13)5-9-11-10(12-15-9)8-3-2-4-16-8/h7-8,13H,2-6H2,1H3. The Bertz CT molecular complexity index is 326. The molecule has 0 saturated carbocycles. The molecule has 6 heteroatoms. The van der Waals surface area contributed by atoms with Crippen molar-refractivity contribution in [2.24, 2.45) is 0 Å². The zero-order chi connectivity index (χ0) is 11.4. The van der Waals surface area contributed by atoms with Crippen LogP contribution in [0.5, 0.6) is 0 Å². The van der Waals surface area contributed by atoms with E-state index >= 15 is 0 Å². The monoisotopic (exact) mass is 244 g/mol. The van der Waals surface area contributed by atoms with Gasteiger partial charge in [-0.3, -0.25) is 0 Å². The predicted molar refractivity (Wildman–Crippen MR) is 60.3 cm³/mol. The fourth-order valence-electron chi connectivity index (χ4n) is 1.72. The van der Waals surface area contributed by atoms with Crippen LogP contribution in [0.4, 0.5) is 0 Å². The molecule has 0 amide bonds. The van der Waals surface area contributed by atoms with Crippen molar-refractivity contribution in [1.82, 2.24) is 10.1 Å². The summed E-state index contributed by atoms with van der Waals surface area (Å²) in [4.78, 5) is 4.30. The van der Waals surface area contributed by atoms with Crippen molar-refractivity contribution < 1.29 is 14.4 Å². The summed E-state index contributed by atoms with van der Waals surface area (Å²) in [7, 11) is 1.55. The lowest BCUT2D eigenvalue weighted by Gasteiger charge is -2.04. The van der Waals surface area contributed by atoms with Gasteiger partial charge in [-0.15, -0.1) is 0 Å². The van der Waals surface area contributed by atoms with E-state index in [2.05, 4.69) is 10.1 Å². The topological polar surface area (TPSA) is 68.4 Å². The summed E-state index contributed by atoms with van der Waals surface area (Å²) in [6, 6.07) is 0. The van der Waals surface area contributed by atoms with Crippen molar-refractivity contribution in [3.8, 4) is 0 Å². The van der Waals surface area contributed by atoms with E-state index in [1.807, 2.05) is 11.8 Å². The summed E-state index contributed by atoms with van der Waals surface area (Å²) in [5.41, 5.74) is 0. The van der Waals surface area contributed by atoms with E-state index in [-0.39, 0.29) is 6.61 Å². The first-order chi connectivity index (χ1) is 7.79. The minimum Gasteiger partial charge on any atom is -0.390 e. The molecule has 1 aliphatic rings. The second-order valence-corrected chi connectivity index (χ2v) is 5.17. The molecule has 1 N–H and O–H groups in total. The molecule has 2 atom stereocenters. The van der Waals surface area contributed by atoms with Gasteiger partial charge in [0.2, 0.25) is 5.89 Å². The van der Waals surface area contributed by atoms with Crippen LogP contribution in [0.2, 0.25) is 0 Å². The molecule has 0 aliphatic carbocycles. The number of thioether (sulfide) groups is 1. The van der Waals surface area contributed by atoms with Crippen LogP contribution in [-0.2, 0) is 11.2 Å². The van der Waals surface area contributed by atoms with Gasteiger partial charge in [0.25, 0.3) is 0 Å². The molecular formula is C10H16N2O3S. The third kappa shape index (κ3) is 2.96. The van der Waals surface area contributed by atoms with Gasteiger partial charge in [-0.1, -0.05) is 5.16 Å². The largest absolute Gasteiger partial charge is 0.390 e. The number of aliphatic hydroxyl groups excluding tert-OH is 1. The lowest BCUT2D eigenvalue weighted by Crippen LogP contribution is -2.17. The lowest BCUT2D eigenvalue weighted by molar-refractivity contribution is 0.0599. The zero-order valence-corrected chi connectivity index (χ0v) is 10.1. The summed E-state index contributed by atoms with van der Waals surface area (Å²) in [6.07, 6.45) is 2.11. The summed E-state index contributed by atoms with van der Waals surface area (Å²) in [6.45, 7) is 0.288. The van der Waals surface area contributed by atoms with E-state index in [0.29, 0.717) is 17.6 Å². The molecule has 5 nitrogen and oxygen atoms in total. The van der Waals surface area contributed by atoms with E-state index in [0.717, 1.165) is 12.2 Å². The Morgan fingerprint density at radius 2 is 2.56 bits per heavy atom. The van der Waals surface area contributed by atoms with Gasteiger partial charge in [0.1, 0.15) is 0 Å². The number of rotatable bonds is 5. The molecule has 1 saturated heterocycles. The molecule has 0 bridgehead atoms. The van der Waals surface area contributed by atoms with Crippen LogP contribution in [-0.4, -0.2) is 40.8 Å². The molecule has 0 aromatic carbocycles. The van der Waals surface area contributed by atoms with Crippen molar-refractivity contribution in [3.05, 3.63) is 11.7 Å². The van der Waals surface area contributed by atoms with Crippen LogP contribution in [0.1, 0.15) is 29.8 Å². The highest BCUT2D eigenvalue weighted by atomic mass is 32.2. The summed E-state index contributed by atoms with van der Waals surface area (Å²) >= 11 is 1.87. The highest BCUT2D eigenvalue weighted by Crippen LogP contribution is 2.38. The van der Waals surface area contributed by atoms with Gasteiger partial charge >= 0.3 is 0 Å². The SMILES string of the molecule is COCC(O)Cc1nc(C2CCCS2)no1. The van der Waals surface area contributed by atoms with Crippen molar-refractivity contribution in [2.45, 2.75) is 30.6 Å². The van der Waals surface area contributed by atoms with Gasteiger partial charge in [0.15, 0.2) is 5.82 Å². The van der Waals surface area contributed by atoms with E-state index in [9.17, 15) is 5.11 Å². The molecule has 1 fully saturated rings. The Balaban J connectivity index is 1.91. The van der Waals surface area contributed by atoms with E-state index in [4.69, 9.17) is 9.26 Å². The summed E-state index contributed by atoms with van der Waals surface area (Å²) < 4.78 is 9.94. The van der Waals surface area contributed by atoms with Crippen molar-refractivity contribution in [2.75, 3.05) is 19.5 Å². The number of aromatic nitrogens is 2. The van der Waals surface area contributed by atoms with Crippen LogP contribution in [0, 0.1) is 0 Å². The van der Waals surface area contributed by atoms with Gasteiger partial charge in [-0.05, 0) is 18.6 Å². The molecule has 0 spiro atoms. The molecule has 1 aliphatic heterocycles. The summed E-state index contributed by atoms with van der Waals surface area (Å²) in [5.74, 6) is 2.43. The third-order valence-electron chi connectivity index (χ3n) is 2.47. The average molecular weight is 244 g/mol. The zero-order valence-electron chi connectivity index (χ0n) is 9.26. The first-order valence-electron chi connectivity index (χ1n) is 5.40. The third-order valence-corrected chi connectivity index (χ3v) is 3.84. The van der Waals surface area contributed by atoms with Crippen LogP contribution in [0.3, 0.4) is 0 Å². The Hall–Kier alpha value is -0.590. The molecule has 2 unspecified atom stereocenters. The van der Waals surface area contributed by atoms with Crippen LogP contribution in [0.25, 0.3) is 0 Å². The number of hydrogen-bond donors (Lipinski definition) is 1. The molecule has 1 aromatic heterocycles. The number of ether oxygens (including phenoxy) is 1. The molecule has 2 heterocycles. The lowest BCUT2D eigenvalue weighted by atomic mass is 10.2. The van der Waals surface area contributed by atoms with Gasteiger partial charge < -0.3 is 14.4 Å². The quantitative estimate of drug-likeness (QED) is 0.839. The van der Waals surface area contributed by atoms with E-state index in [1.54, 1.807) is 7.11 Å². The Kier molecular flexibility index (Phi) is 4.20. The van der Waals surface area contributed by atoms with Gasteiger partial charge in [0.05, 0.1) is 24.4 Å². The maximum Gasteiger partial charge on any atom is 0.229 e. The predicted octanol–water partition coefficient (Wildman–Crippen LogP) is 1.19. The van der Waals surface area contributed by atoms with Crippen molar-refractivity contribution in [3.63, 3.8) is 0 Å². The first kappa shape index (κ1) is 11.9. The molecule has 16 heavy (non-hydrogen) atoms. The minimum atomic E-state index is -0.575. The molecule has 0 radical (unpaired) electrons. The van der Waals surface area contributed by atoms with Crippen LogP contribution >= 0.6 is 11.8 Å². The van der Waals surface area contributed by atoms with Crippen LogP contribution < -0.4 is 0 Å². The Labute approximate surface area is 98.6 Å². The second kappa shape index (κ2) is 5.65. The van der Waals surface area contributed by atoms with Crippen molar-refractivity contribution in [1.29, 1.82) is 0 Å². The average Bonchev–Trinajstić information content (AvgIpc) is 2.86. The maximum absolute atomic E-state index is 9.52. The van der Waals surface area contributed by atoms with Gasteiger partial charge in [-0.25, -0.2) is 0 Å². The van der Waals surface area contributed by atoms with Crippen molar-refractivity contribution >= 4 is 11.8 Å². The molecule has 90 valence electrons. The second-order valence-electron chi connectivity index (χ2n) is 3.86. The fraction of sp³-hybridized carbons (Fsp3) is 0.800. The molecule has 1 aromatic rings. The summed E-state index contributed by atoms with van der Waals surface area (Å²) in [5, 5.41) is 13.8. The maximum atomic E-state index is 9.52. The number of nitrogens with zero attached hydrogens (tertiary/aromatic N) is 2. The van der Waals surface area contributed by atoms with E-state index < -0.39 is 6.10 Å². The minimum absolute atomic E-state index is 0.288. The van der Waals surface area contributed by atoms with E-state index in [1.165, 1.54) is 12.2 Å². The van der Waals surface area contributed by atoms with Crippen LogP contribution in [0.15, 0.2) is 4.52 Å². The number of methoxy groups -OCH3 is 1. The molecule has 2 rings (SSSR count). The fourth-order valence-corrected chi connectivity index (χ4v) is 2.91. The first-order valence-corrected chi connectivity index (χ1v) is 6.45. The Morgan fingerprint density at radius 1 is 1.69 bits per heavy atom. The molecular weight excluding hydrogens is 228 g/mol. The van der Waals surface area contributed by atoms with Gasteiger partial charge in [-0.2, -0.15) is 16.7 Å². The normalized spacial score (nSPS) is 22.5. The Morgan fingerprint density at radius 3 is 3.25 bits per heavy atom.